The first-order valence-electron chi connectivity index (χ1n) is 13.4. The summed E-state index contributed by atoms with van der Waals surface area (Å²) in [6, 6.07) is 23.8. The van der Waals surface area contributed by atoms with Crippen LogP contribution in [-0.2, 0) is 20.2 Å². The Morgan fingerprint density at radius 3 is 1.97 bits per heavy atom. The lowest BCUT2D eigenvalue weighted by atomic mass is 9.48. The molecule has 0 aliphatic heterocycles. The van der Waals surface area contributed by atoms with Crippen LogP contribution in [0.1, 0.15) is 49.7 Å². The number of carbonyl (C=O) groups is 1. The molecule has 4 aliphatic carbocycles. The SMILES string of the molecule is Cc1ccc(N(CC(=O)Nc2ccc(C34CC5CC(CC(C5)C3)C4)cc2)S(=O)(=O)c2ccccc2)cc1. The summed E-state index contributed by atoms with van der Waals surface area (Å²) in [5.74, 6) is 2.27. The number of nitrogens with one attached hydrogen (secondary N) is 1. The molecule has 4 aliphatic rings. The van der Waals surface area contributed by atoms with E-state index in [0.29, 0.717) is 16.8 Å². The van der Waals surface area contributed by atoms with Crippen molar-refractivity contribution in [2.45, 2.75) is 55.8 Å². The number of anilines is 2. The maximum atomic E-state index is 13.5. The van der Waals surface area contributed by atoms with Crippen molar-refractivity contribution in [2.24, 2.45) is 17.8 Å². The Bertz CT molecular complexity index is 1350. The zero-order valence-electron chi connectivity index (χ0n) is 21.3. The number of hydrogen-bond donors (Lipinski definition) is 1. The summed E-state index contributed by atoms with van der Waals surface area (Å²) < 4.78 is 28.2. The van der Waals surface area contributed by atoms with Gasteiger partial charge in [-0.3, -0.25) is 9.10 Å². The summed E-state index contributed by atoms with van der Waals surface area (Å²) in [4.78, 5) is 13.3. The maximum absolute atomic E-state index is 13.5. The zero-order chi connectivity index (χ0) is 25.6. The van der Waals surface area contributed by atoms with Crippen LogP contribution < -0.4 is 9.62 Å². The fourth-order valence-electron chi connectivity index (χ4n) is 7.45. The van der Waals surface area contributed by atoms with Crippen LogP contribution in [0.25, 0.3) is 0 Å². The van der Waals surface area contributed by atoms with Crippen LogP contribution in [0.5, 0.6) is 0 Å². The number of amides is 1. The highest BCUT2D eigenvalue weighted by Crippen LogP contribution is 2.60. The molecule has 3 aromatic rings. The predicted molar refractivity (Wildman–Crippen MR) is 147 cm³/mol. The first kappa shape index (κ1) is 24.2. The van der Waals surface area contributed by atoms with Crippen molar-refractivity contribution in [3.63, 3.8) is 0 Å². The van der Waals surface area contributed by atoms with Gasteiger partial charge in [-0.15, -0.1) is 0 Å². The van der Waals surface area contributed by atoms with E-state index < -0.39 is 10.0 Å². The van der Waals surface area contributed by atoms with Crippen LogP contribution in [0.2, 0.25) is 0 Å². The molecule has 1 amide bonds. The summed E-state index contributed by atoms with van der Waals surface area (Å²) in [6.45, 7) is 1.64. The van der Waals surface area contributed by atoms with Crippen molar-refractivity contribution in [1.82, 2.24) is 0 Å². The topological polar surface area (TPSA) is 66.5 Å². The monoisotopic (exact) mass is 514 g/mol. The average Bonchev–Trinajstić information content (AvgIpc) is 2.88. The Balaban J connectivity index is 1.20. The lowest BCUT2D eigenvalue weighted by molar-refractivity contribution is -0.114. The lowest BCUT2D eigenvalue weighted by Gasteiger charge is -2.57. The second kappa shape index (κ2) is 9.32. The molecule has 0 aromatic heterocycles. The van der Waals surface area contributed by atoms with E-state index in [4.69, 9.17) is 0 Å². The standard InChI is InChI=1S/C31H34N2O3S/c1-22-7-13-28(14-8-22)33(37(35,36)29-5-3-2-4-6-29)21-30(34)32-27-11-9-26(10-12-27)31-18-23-15-24(19-31)17-25(16-23)20-31/h2-14,23-25H,15-21H2,1H3,(H,32,34). The summed E-state index contributed by atoms with van der Waals surface area (Å²) in [5.41, 5.74) is 3.88. The third-order valence-electron chi connectivity index (χ3n) is 8.76. The molecular formula is C31H34N2O3S. The molecule has 37 heavy (non-hydrogen) atoms. The second-order valence-electron chi connectivity index (χ2n) is 11.5. The zero-order valence-corrected chi connectivity index (χ0v) is 22.1. The molecule has 0 saturated heterocycles. The molecule has 0 spiro atoms. The third kappa shape index (κ3) is 4.68. The van der Waals surface area contributed by atoms with E-state index in [2.05, 4.69) is 17.4 Å². The van der Waals surface area contributed by atoms with Gasteiger partial charge in [0.1, 0.15) is 6.54 Å². The van der Waals surface area contributed by atoms with Gasteiger partial charge >= 0.3 is 0 Å². The van der Waals surface area contributed by atoms with Gasteiger partial charge in [-0.1, -0.05) is 48.0 Å². The van der Waals surface area contributed by atoms with Crippen molar-refractivity contribution in [1.29, 1.82) is 0 Å². The van der Waals surface area contributed by atoms with E-state index >= 15 is 0 Å². The van der Waals surface area contributed by atoms with Crippen LogP contribution >= 0.6 is 0 Å². The minimum absolute atomic E-state index is 0.156. The highest BCUT2D eigenvalue weighted by Gasteiger charge is 2.51. The number of rotatable bonds is 7. The minimum Gasteiger partial charge on any atom is -0.325 e. The van der Waals surface area contributed by atoms with E-state index in [9.17, 15) is 13.2 Å². The second-order valence-corrected chi connectivity index (χ2v) is 13.3. The van der Waals surface area contributed by atoms with Crippen LogP contribution in [0, 0.1) is 24.7 Å². The smallest absolute Gasteiger partial charge is 0.264 e. The number of benzene rings is 3. The molecule has 0 unspecified atom stereocenters. The molecule has 0 heterocycles. The number of hydrogen-bond acceptors (Lipinski definition) is 3. The maximum Gasteiger partial charge on any atom is 0.264 e. The Labute approximate surface area is 220 Å². The molecule has 5 nitrogen and oxygen atoms in total. The van der Waals surface area contributed by atoms with Crippen molar-refractivity contribution < 1.29 is 13.2 Å². The molecule has 6 heteroatoms. The van der Waals surface area contributed by atoms with E-state index in [0.717, 1.165) is 23.3 Å². The Kier molecular flexibility index (Phi) is 6.10. The van der Waals surface area contributed by atoms with Crippen LogP contribution in [0.4, 0.5) is 11.4 Å². The molecule has 192 valence electrons. The highest BCUT2D eigenvalue weighted by molar-refractivity contribution is 7.92. The van der Waals surface area contributed by atoms with Gasteiger partial charge in [0.15, 0.2) is 0 Å². The van der Waals surface area contributed by atoms with Gasteiger partial charge in [-0.05, 0) is 111 Å². The molecule has 3 aromatic carbocycles. The number of sulfonamides is 1. The Hall–Kier alpha value is -3.12. The van der Waals surface area contributed by atoms with Gasteiger partial charge in [0.2, 0.25) is 5.91 Å². The molecule has 7 rings (SSSR count). The summed E-state index contributed by atoms with van der Waals surface area (Å²) in [6.07, 6.45) is 8.14. The predicted octanol–water partition coefficient (Wildman–Crippen LogP) is 6.30. The fraction of sp³-hybridized carbons (Fsp3) is 0.387. The number of aryl methyl sites for hydroxylation is 1. The van der Waals surface area contributed by atoms with Crippen molar-refractivity contribution >= 4 is 27.3 Å². The van der Waals surface area contributed by atoms with E-state index in [-0.39, 0.29) is 17.3 Å². The lowest BCUT2D eigenvalue weighted by Crippen LogP contribution is -2.48. The number of nitrogens with zero attached hydrogens (tertiary/aromatic N) is 1. The highest BCUT2D eigenvalue weighted by atomic mass is 32.2. The Morgan fingerprint density at radius 1 is 0.838 bits per heavy atom. The summed E-state index contributed by atoms with van der Waals surface area (Å²) in [7, 11) is -3.91. The van der Waals surface area contributed by atoms with E-state index in [1.807, 2.05) is 31.2 Å². The Morgan fingerprint density at radius 2 is 1.41 bits per heavy atom. The van der Waals surface area contributed by atoms with Crippen LogP contribution in [0.3, 0.4) is 0 Å². The largest absolute Gasteiger partial charge is 0.325 e. The van der Waals surface area contributed by atoms with Gasteiger partial charge in [-0.25, -0.2) is 8.42 Å². The van der Waals surface area contributed by atoms with E-state index in [1.54, 1.807) is 42.5 Å². The molecule has 4 fully saturated rings. The third-order valence-corrected chi connectivity index (χ3v) is 10.5. The van der Waals surface area contributed by atoms with Gasteiger partial charge < -0.3 is 5.32 Å². The molecule has 4 bridgehead atoms. The average molecular weight is 515 g/mol. The number of carbonyl (C=O) groups excluding carboxylic acids is 1. The first-order chi connectivity index (χ1) is 17.8. The summed E-state index contributed by atoms with van der Waals surface area (Å²) in [5, 5.41) is 2.93. The van der Waals surface area contributed by atoms with Crippen LogP contribution in [0.15, 0.2) is 83.8 Å². The van der Waals surface area contributed by atoms with Gasteiger partial charge in [0, 0.05) is 5.69 Å². The molecule has 1 N–H and O–H groups in total. The molecular weight excluding hydrogens is 480 g/mol. The van der Waals surface area contributed by atoms with Crippen molar-refractivity contribution in [2.75, 3.05) is 16.2 Å². The molecule has 4 saturated carbocycles. The van der Waals surface area contributed by atoms with Gasteiger partial charge in [-0.2, -0.15) is 0 Å². The van der Waals surface area contributed by atoms with Gasteiger partial charge in [0.05, 0.1) is 10.6 Å². The quantitative estimate of drug-likeness (QED) is 0.403. The van der Waals surface area contributed by atoms with Crippen molar-refractivity contribution in [3.05, 3.63) is 90.0 Å². The van der Waals surface area contributed by atoms with Gasteiger partial charge in [0.25, 0.3) is 10.0 Å². The van der Waals surface area contributed by atoms with Crippen molar-refractivity contribution in [3.8, 4) is 0 Å². The van der Waals surface area contributed by atoms with E-state index in [1.165, 1.54) is 48.4 Å². The molecule has 0 atom stereocenters. The summed E-state index contributed by atoms with van der Waals surface area (Å²) >= 11 is 0. The minimum atomic E-state index is -3.91. The van der Waals surface area contributed by atoms with Crippen LogP contribution in [-0.4, -0.2) is 20.9 Å². The molecule has 0 radical (unpaired) electrons. The fourth-order valence-corrected chi connectivity index (χ4v) is 8.89. The first-order valence-corrected chi connectivity index (χ1v) is 14.8. The normalized spacial score (nSPS) is 26.1.